The highest BCUT2D eigenvalue weighted by Gasteiger charge is 2.14. The molecule has 0 spiro atoms. The fraction of sp³-hybridized carbons (Fsp3) is 0.200. The lowest BCUT2D eigenvalue weighted by molar-refractivity contribution is -0.126. The molecule has 4 N–H and O–H groups in total. The van der Waals surface area contributed by atoms with Gasteiger partial charge in [0.05, 0.1) is 5.56 Å². The van der Waals surface area contributed by atoms with Gasteiger partial charge in [-0.3, -0.25) is 9.59 Å². The van der Waals surface area contributed by atoms with Crippen molar-refractivity contribution in [3.8, 4) is 6.07 Å². The Kier molecular flexibility index (Phi) is 6.46. The number of nitrogens with one attached hydrogen (secondary N) is 1. The number of carboxylic acids is 1. The minimum atomic E-state index is -1.14. The molecule has 120 valence electrons. The highest BCUT2D eigenvalue weighted by molar-refractivity contribution is 6.07. The fourth-order valence-electron chi connectivity index (χ4n) is 1.67. The van der Waals surface area contributed by atoms with E-state index in [-0.39, 0.29) is 35.8 Å². The van der Waals surface area contributed by atoms with Gasteiger partial charge in [0.25, 0.3) is 5.91 Å². The minimum Gasteiger partial charge on any atom is -0.478 e. The van der Waals surface area contributed by atoms with Crippen LogP contribution in [-0.4, -0.2) is 40.9 Å². The lowest BCUT2D eigenvalue weighted by Crippen LogP contribution is -2.30. The maximum atomic E-state index is 12.1. The Labute approximate surface area is 132 Å². The van der Waals surface area contributed by atoms with E-state index in [0.29, 0.717) is 0 Å². The molecule has 0 heterocycles. The standard InChI is InChI=1S/C15H16N4O4/c1-10(20)19(6-5-16)9-12(8-17)14(21)18-13-4-2-3-11(7-13)15(22)23/h2-4,7,9H,5-6,16H2,1H3,(H,18,21)(H,22,23)/b12-9-. The second kappa shape index (κ2) is 8.31. The van der Waals surface area contributed by atoms with Crippen molar-refractivity contribution in [2.75, 3.05) is 18.4 Å². The summed E-state index contributed by atoms with van der Waals surface area (Å²) >= 11 is 0. The number of aromatic carboxylic acids is 1. The Hall–Kier alpha value is -3.18. The molecule has 2 amide bonds. The summed E-state index contributed by atoms with van der Waals surface area (Å²) in [5, 5.41) is 20.4. The Morgan fingerprint density at radius 1 is 1.43 bits per heavy atom. The van der Waals surface area contributed by atoms with Crippen LogP contribution in [-0.2, 0) is 9.59 Å². The first-order valence-corrected chi connectivity index (χ1v) is 6.63. The number of carboxylic acid groups (broad SMARTS) is 1. The maximum Gasteiger partial charge on any atom is 0.335 e. The first-order valence-electron chi connectivity index (χ1n) is 6.63. The van der Waals surface area contributed by atoms with Gasteiger partial charge >= 0.3 is 5.97 Å². The van der Waals surface area contributed by atoms with E-state index in [1.54, 1.807) is 6.07 Å². The zero-order chi connectivity index (χ0) is 17.4. The van der Waals surface area contributed by atoms with Crippen molar-refractivity contribution in [2.45, 2.75) is 6.92 Å². The van der Waals surface area contributed by atoms with Crippen LogP contribution < -0.4 is 11.1 Å². The molecular formula is C15H16N4O4. The van der Waals surface area contributed by atoms with Gasteiger partial charge < -0.3 is 21.1 Å². The number of nitrogens with two attached hydrogens (primary N) is 1. The zero-order valence-electron chi connectivity index (χ0n) is 12.4. The summed E-state index contributed by atoms with van der Waals surface area (Å²) in [5.41, 5.74) is 5.29. The summed E-state index contributed by atoms with van der Waals surface area (Å²) in [5.74, 6) is -2.25. The minimum absolute atomic E-state index is 0.00113. The van der Waals surface area contributed by atoms with Crippen molar-refractivity contribution < 1.29 is 19.5 Å². The van der Waals surface area contributed by atoms with Crippen LogP contribution in [0.3, 0.4) is 0 Å². The predicted octanol–water partition coefficient (Wildman–Crippen LogP) is 0.538. The number of hydrogen-bond acceptors (Lipinski definition) is 5. The summed E-state index contributed by atoms with van der Waals surface area (Å²) in [6.07, 6.45) is 1.12. The number of amides is 2. The molecule has 0 fully saturated rings. The van der Waals surface area contributed by atoms with Gasteiger partial charge in [0.2, 0.25) is 5.91 Å². The van der Waals surface area contributed by atoms with E-state index >= 15 is 0 Å². The molecular weight excluding hydrogens is 300 g/mol. The van der Waals surface area contributed by atoms with Crippen molar-refractivity contribution in [3.05, 3.63) is 41.6 Å². The van der Waals surface area contributed by atoms with Crippen LogP contribution in [0.5, 0.6) is 0 Å². The van der Waals surface area contributed by atoms with Crippen LogP contribution in [0.4, 0.5) is 5.69 Å². The van der Waals surface area contributed by atoms with Crippen molar-refractivity contribution in [2.24, 2.45) is 5.73 Å². The van der Waals surface area contributed by atoms with Crippen LogP contribution in [0.1, 0.15) is 17.3 Å². The third-order valence-corrected chi connectivity index (χ3v) is 2.79. The molecule has 1 aromatic carbocycles. The first-order chi connectivity index (χ1) is 10.9. The summed E-state index contributed by atoms with van der Waals surface area (Å²) in [6, 6.07) is 7.29. The summed E-state index contributed by atoms with van der Waals surface area (Å²) in [6.45, 7) is 1.63. The van der Waals surface area contributed by atoms with E-state index in [9.17, 15) is 14.4 Å². The van der Waals surface area contributed by atoms with Gasteiger partial charge in [-0.25, -0.2) is 4.79 Å². The zero-order valence-corrected chi connectivity index (χ0v) is 12.4. The molecule has 0 saturated heterocycles. The third kappa shape index (κ3) is 5.26. The number of benzene rings is 1. The van der Waals surface area contributed by atoms with E-state index in [4.69, 9.17) is 16.1 Å². The van der Waals surface area contributed by atoms with Crippen molar-refractivity contribution in [1.82, 2.24) is 4.90 Å². The quantitative estimate of drug-likeness (QED) is 0.517. The van der Waals surface area contributed by atoms with Gasteiger partial charge in [0, 0.05) is 31.9 Å². The second-order valence-corrected chi connectivity index (χ2v) is 4.50. The van der Waals surface area contributed by atoms with Crippen molar-refractivity contribution in [3.63, 3.8) is 0 Å². The SMILES string of the molecule is CC(=O)N(/C=C(/C#N)C(=O)Nc1cccc(C(=O)O)c1)CCN. The number of nitrogens with zero attached hydrogens (tertiary/aromatic N) is 2. The van der Waals surface area contributed by atoms with Gasteiger partial charge in [-0.15, -0.1) is 0 Å². The van der Waals surface area contributed by atoms with Crippen molar-refractivity contribution in [1.29, 1.82) is 5.26 Å². The fourth-order valence-corrected chi connectivity index (χ4v) is 1.67. The normalized spacial score (nSPS) is 10.6. The molecule has 0 aromatic heterocycles. The van der Waals surface area contributed by atoms with Crippen LogP contribution in [0.2, 0.25) is 0 Å². The van der Waals surface area contributed by atoms with Gasteiger partial charge in [0.1, 0.15) is 11.6 Å². The molecule has 23 heavy (non-hydrogen) atoms. The van der Waals surface area contributed by atoms with Crippen LogP contribution in [0.25, 0.3) is 0 Å². The molecule has 0 radical (unpaired) electrons. The largest absolute Gasteiger partial charge is 0.478 e. The molecule has 0 aliphatic heterocycles. The smallest absolute Gasteiger partial charge is 0.335 e. The summed E-state index contributed by atoms with van der Waals surface area (Å²) in [7, 11) is 0. The molecule has 1 rings (SSSR count). The Balaban J connectivity index is 2.97. The van der Waals surface area contributed by atoms with Gasteiger partial charge in [-0.2, -0.15) is 5.26 Å². The second-order valence-electron chi connectivity index (χ2n) is 4.50. The monoisotopic (exact) mass is 316 g/mol. The maximum absolute atomic E-state index is 12.1. The average Bonchev–Trinajstić information content (AvgIpc) is 2.51. The number of nitriles is 1. The lowest BCUT2D eigenvalue weighted by atomic mass is 10.2. The lowest BCUT2D eigenvalue weighted by Gasteiger charge is -2.15. The van der Waals surface area contributed by atoms with E-state index in [2.05, 4.69) is 5.32 Å². The number of hydrogen-bond donors (Lipinski definition) is 3. The number of carbonyl (C=O) groups is 3. The van der Waals surface area contributed by atoms with E-state index in [1.165, 1.54) is 31.2 Å². The topological polar surface area (TPSA) is 137 Å². The molecule has 0 aliphatic rings. The van der Waals surface area contributed by atoms with Gasteiger partial charge in [0.15, 0.2) is 0 Å². The van der Waals surface area contributed by atoms with Crippen molar-refractivity contribution >= 4 is 23.5 Å². The molecule has 8 heteroatoms. The average molecular weight is 316 g/mol. The van der Waals surface area contributed by atoms with E-state index < -0.39 is 11.9 Å². The Morgan fingerprint density at radius 3 is 2.65 bits per heavy atom. The van der Waals surface area contributed by atoms with Gasteiger partial charge in [-0.1, -0.05) is 6.07 Å². The molecule has 1 aromatic rings. The summed E-state index contributed by atoms with van der Waals surface area (Å²) in [4.78, 5) is 35.5. The molecule has 0 atom stereocenters. The first kappa shape index (κ1) is 17.9. The summed E-state index contributed by atoms with van der Waals surface area (Å²) < 4.78 is 0. The van der Waals surface area contributed by atoms with Crippen LogP contribution >= 0.6 is 0 Å². The Morgan fingerprint density at radius 2 is 2.13 bits per heavy atom. The van der Waals surface area contributed by atoms with E-state index in [1.807, 2.05) is 0 Å². The predicted molar refractivity (Wildman–Crippen MR) is 82.2 cm³/mol. The molecule has 0 bridgehead atoms. The number of carbonyl (C=O) groups excluding carboxylic acids is 2. The molecule has 0 unspecified atom stereocenters. The van der Waals surface area contributed by atoms with Crippen LogP contribution in [0.15, 0.2) is 36.0 Å². The van der Waals surface area contributed by atoms with Gasteiger partial charge in [-0.05, 0) is 18.2 Å². The highest BCUT2D eigenvalue weighted by Crippen LogP contribution is 2.12. The van der Waals surface area contributed by atoms with Crippen LogP contribution in [0, 0.1) is 11.3 Å². The Bertz CT molecular complexity index is 691. The third-order valence-electron chi connectivity index (χ3n) is 2.79. The van der Waals surface area contributed by atoms with E-state index in [0.717, 1.165) is 11.1 Å². The molecule has 0 saturated carbocycles. The highest BCUT2D eigenvalue weighted by atomic mass is 16.4. The number of rotatable bonds is 6. The molecule has 8 nitrogen and oxygen atoms in total. The number of anilines is 1. The molecule has 0 aliphatic carbocycles.